The van der Waals surface area contributed by atoms with Crippen molar-refractivity contribution in [2.75, 3.05) is 31.1 Å². The molecule has 20 heavy (non-hydrogen) atoms. The van der Waals surface area contributed by atoms with E-state index in [4.69, 9.17) is 0 Å². The number of amides is 1. The van der Waals surface area contributed by atoms with E-state index in [1.807, 2.05) is 29.6 Å². The van der Waals surface area contributed by atoms with Gasteiger partial charge in [-0.05, 0) is 12.5 Å². The average molecular weight is 291 g/mol. The van der Waals surface area contributed by atoms with Crippen LogP contribution in [0.5, 0.6) is 0 Å². The lowest BCUT2D eigenvalue weighted by Gasteiger charge is -2.34. The second-order valence-electron chi connectivity index (χ2n) is 4.90. The highest BCUT2D eigenvalue weighted by Crippen LogP contribution is 2.18. The number of rotatable bonds is 3. The Hall–Kier alpha value is -1.89. The molecule has 0 spiro atoms. The number of carbonyl (C=O) groups excluding carboxylic acids is 1. The van der Waals surface area contributed by atoms with Gasteiger partial charge in [0, 0.05) is 44.0 Å². The van der Waals surface area contributed by atoms with Crippen LogP contribution in [0.15, 0.2) is 24.0 Å². The molecule has 1 fully saturated rings. The lowest BCUT2D eigenvalue weighted by molar-refractivity contribution is -0.132. The minimum Gasteiger partial charge on any atom is -0.345 e. The Morgan fingerprint density at radius 2 is 2.15 bits per heavy atom. The first kappa shape index (κ1) is 13.1. The van der Waals surface area contributed by atoms with Gasteiger partial charge in [-0.15, -0.1) is 11.3 Å². The second kappa shape index (κ2) is 5.62. The molecule has 0 radical (unpaired) electrons. The highest BCUT2D eigenvalue weighted by molar-refractivity contribution is 7.13. The molecule has 7 heteroatoms. The molecule has 1 aliphatic heterocycles. The van der Waals surface area contributed by atoms with E-state index < -0.39 is 0 Å². The van der Waals surface area contributed by atoms with E-state index in [1.165, 1.54) is 0 Å². The van der Waals surface area contributed by atoms with Crippen molar-refractivity contribution in [2.45, 2.75) is 13.5 Å². The Balaban J connectivity index is 1.54. The number of piperazine rings is 1. The van der Waals surface area contributed by atoms with E-state index >= 15 is 0 Å². The maximum absolute atomic E-state index is 12.2. The molecule has 0 saturated carbocycles. The van der Waals surface area contributed by atoms with Crippen LogP contribution in [0.25, 0.3) is 0 Å². The molecular weight excluding hydrogens is 274 g/mol. The van der Waals surface area contributed by atoms with Gasteiger partial charge in [0.1, 0.15) is 6.54 Å². The summed E-state index contributed by atoms with van der Waals surface area (Å²) in [5.41, 5.74) is 1.08. The molecule has 0 aliphatic carbocycles. The van der Waals surface area contributed by atoms with E-state index in [-0.39, 0.29) is 5.91 Å². The zero-order valence-corrected chi connectivity index (χ0v) is 12.2. The maximum Gasteiger partial charge on any atom is 0.244 e. The molecule has 3 rings (SSSR count). The molecule has 1 saturated heterocycles. The summed E-state index contributed by atoms with van der Waals surface area (Å²) in [4.78, 5) is 20.6. The number of aromatic nitrogens is 3. The van der Waals surface area contributed by atoms with E-state index in [0.29, 0.717) is 6.54 Å². The lowest BCUT2D eigenvalue weighted by Crippen LogP contribution is -2.49. The highest BCUT2D eigenvalue weighted by Gasteiger charge is 2.22. The van der Waals surface area contributed by atoms with Crippen LogP contribution in [0.2, 0.25) is 0 Å². The van der Waals surface area contributed by atoms with Gasteiger partial charge in [-0.3, -0.25) is 9.48 Å². The van der Waals surface area contributed by atoms with Gasteiger partial charge in [-0.25, -0.2) is 4.98 Å². The number of thiazole rings is 1. The number of nitrogens with zero attached hydrogens (tertiary/aromatic N) is 5. The summed E-state index contributed by atoms with van der Waals surface area (Å²) in [5, 5.41) is 7.18. The van der Waals surface area contributed by atoms with Crippen molar-refractivity contribution < 1.29 is 4.79 Å². The number of carbonyl (C=O) groups is 1. The topological polar surface area (TPSA) is 54.3 Å². The summed E-state index contributed by atoms with van der Waals surface area (Å²) in [7, 11) is 0. The fourth-order valence-corrected chi connectivity index (χ4v) is 3.01. The maximum atomic E-state index is 12.2. The standard InChI is InChI=1S/C13H17N5OS/c1-11-8-15-18(9-11)10-12(19)16-3-5-17(6-4-16)13-14-2-7-20-13/h2,7-9H,3-6,10H2,1H3. The van der Waals surface area contributed by atoms with Gasteiger partial charge < -0.3 is 9.80 Å². The van der Waals surface area contributed by atoms with Crippen LogP contribution >= 0.6 is 11.3 Å². The molecule has 2 aromatic heterocycles. The van der Waals surface area contributed by atoms with E-state index in [2.05, 4.69) is 15.0 Å². The molecule has 1 amide bonds. The van der Waals surface area contributed by atoms with Crippen LogP contribution in [-0.2, 0) is 11.3 Å². The first-order valence-corrected chi connectivity index (χ1v) is 7.51. The Morgan fingerprint density at radius 3 is 2.75 bits per heavy atom. The molecule has 0 bridgehead atoms. The summed E-state index contributed by atoms with van der Waals surface area (Å²) in [5.74, 6) is 0.131. The predicted molar refractivity (Wildman–Crippen MR) is 77.9 cm³/mol. The van der Waals surface area contributed by atoms with Crippen molar-refractivity contribution in [1.29, 1.82) is 0 Å². The van der Waals surface area contributed by atoms with Crippen LogP contribution in [0.3, 0.4) is 0 Å². The fourth-order valence-electron chi connectivity index (χ4n) is 2.31. The molecule has 0 unspecified atom stereocenters. The molecule has 0 N–H and O–H groups in total. The van der Waals surface area contributed by atoms with Gasteiger partial charge >= 0.3 is 0 Å². The van der Waals surface area contributed by atoms with Crippen molar-refractivity contribution in [1.82, 2.24) is 19.7 Å². The van der Waals surface area contributed by atoms with E-state index in [9.17, 15) is 4.79 Å². The summed E-state index contributed by atoms with van der Waals surface area (Å²) < 4.78 is 1.70. The Morgan fingerprint density at radius 1 is 1.35 bits per heavy atom. The zero-order valence-electron chi connectivity index (χ0n) is 11.4. The zero-order chi connectivity index (χ0) is 13.9. The molecule has 1 aliphatic rings. The molecule has 0 atom stereocenters. The fraction of sp³-hybridized carbons (Fsp3) is 0.462. The third-order valence-corrected chi connectivity index (χ3v) is 4.21. The van der Waals surface area contributed by atoms with Crippen molar-refractivity contribution in [2.24, 2.45) is 0 Å². The highest BCUT2D eigenvalue weighted by atomic mass is 32.1. The van der Waals surface area contributed by atoms with Crippen LogP contribution in [-0.4, -0.2) is 51.8 Å². The van der Waals surface area contributed by atoms with Crippen molar-refractivity contribution in [3.8, 4) is 0 Å². The van der Waals surface area contributed by atoms with Gasteiger partial charge in [0.05, 0.1) is 6.20 Å². The monoisotopic (exact) mass is 291 g/mol. The summed E-state index contributed by atoms with van der Waals surface area (Å²) in [6, 6.07) is 0. The third kappa shape index (κ3) is 2.82. The minimum absolute atomic E-state index is 0.131. The van der Waals surface area contributed by atoms with Gasteiger partial charge in [-0.2, -0.15) is 5.10 Å². The van der Waals surface area contributed by atoms with Gasteiger partial charge in [0.15, 0.2) is 5.13 Å². The first-order valence-electron chi connectivity index (χ1n) is 6.63. The molecule has 106 valence electrons. The largest absolute Gasteiger partial charge is 0.345 e. The van der Waals surface area contributed by atoms with Crippen molar-refractivity contribution in [3.05, 3.63) is 29.5 Å². The van der Waals surface area contributed by atoms with Crippen LogP contribution in [0, 0.1) is 6.92 Å². The average Bonchev–Trinajstić information content (AvgIpc) is 3.11. The SMILES string of the molecule is Cc1cnn(CC(=O)N2CCN(c3nccs3)CC2)c1. The Kier molecular flexibility index (Phi) is 3.68. The van der Waals surface area contributed by atoms with E-state index in [1.54, 1.807) is 22.2 Å². The smallest absolute Gasteiger partial charge is 0.244 e. The molecular formula is C13H17N5OS. The summed E-state index contributed by atoms with van der Waals surface area (Å²) in [6.45, 7) is 5.48. The van der Waals surface area contributed by atoms with Crippen LogP contribution < -0.4 is 4.90 Å². The second-order valence-corrected chi connectivity index (χ2v) is 5.77. The molecule has 2 aromatic rings. The number of anilines is 1. The predicted octanol–water partition coefficient (Wildman–Crippen LogP) is 0.997. The summed E-state index contributed by atoms with van der Waals surface area (Å²) in [6.07, 6.45) is 5.48. The first-order chi connectivity index (χ1) is 9.72. The van der Waals surface area contributed by atoms with Crippen LogP contribution in [0.1, 0.15) is 5.56 Å². The quantitative estimate of drug-likeness (QED) is 0.846. The van der Waals surface area contributed by atoms with Crippen molar-refractivity contribution in [3.63, 3.8) is 0 Å². The van der Waals surface area contributed by atoms with Crippen molar-refractivity contribution >= 4 is 22.4 Å². The number of hydrogen-bond donors (Lipinski definition) is 0. The Labute approximate surface area is 121 Å². The molecule has 0 aromatic carbocycles. The number of hydrogen-bond acceptors (Lipinski definition) is 5. The van der Waals surface area contributed by atoms with Gasteiger partial charge in [-0.1, -0.05) is 0 Å². The molecule has 6 nitrogen and oxygen atoms in total. The van der Waals surface area contributed by atoms with Gasteiger partial charge in [0.2, 0.25) is 5.91 Å². The number of aryl methyl sites for hydroxylation is 1. The minimum atomic E-state index is 0.131. The van der Waals surface area contributed by atoms with Gasteiger partial charge in [0.25, 0.3) is 0 Å². The third-order valence-electron chi connectivity index (χ3n) is 3.38. The van der Waals surface area contributed by atoms with Crippen LogP contribution in [0.4, 0.5) is 5.13 Å². The normalized spacial score (nSPS) is 15.7. The molecule has 3 heterocycles. The summed E-state index contributed by atoms with van der Waals surface area (Å²) >= 11 is 1.64. The van der Waals surface area contributed by atoms with E-state index in [0.717, 1.165) is 36.9 Å². The lowest BCUT2D eigenvalue weighted by atomic mass is 10.3. The Bertz CT molecular complexity index is 571.